The van der Waals surface area contributed by atoms with E-state index in [0.29, 0.717) is 23.0 Å². The summed E-state index contributed by atoms with van der Waals surface area (Å²) in [5, 5.41) is 5.41. The normalized spacial score (nSPS) is 10.6. The van der Waals surface area contributed by atoms with Crippen LogP contribution in [0, 0.1) is 13.8 Å². The number of amides is 1. The summed E-state index contributed by atoms with van der Waals surface area (Å²) in [7, 11) is 0. The fraction of sp³-hybridized carbons (Fsp3) is 0.385. The first-order valence-corrected chi connectivity index (χ1v) is 6.99. The number of hydrogen-bond donors (Lipinski definition) is 2. The summed E-state index contributed by atoms with van der Waals surface area (Å²) in [6.45, 7) is 4.23. The molecule has 0 aliphatic carbocycles. The summed E-state index contributed by atoms with van der Waals surface area (Å²) in [4.78, 5) is 16.1. The van der Waals surface area contributed by atoms with E-state index in [9.17, 15) is 4.79 Å². The number of aryl methyl sites for hydroxylation is 3. The van der Waals surface area contributed by atoms with E-state index in [-0.39, 0.29) is 5.91 Å². The lowest BCUT2D eigenvalue weighted by Crippen LogP contribution is -2.24. The lowest BCUT2D eigenvalue weighted by molar-refractivity contribution is 0.0951. The summed E-state index contributed by atoms with van der Waals surface area (Å²) in [6, 6.07) is 1.76. The average molecular weight is 279 g/mol. The molecule has 0 aliphatic heterocycles. The van der Waals surface area contributed by atoms with Crippen molar-refractivity contribution in [2.45, 2.75) is 26.7 Å². The number of nitrogens with one attached hydrogen (secondary N) is 1. The zero-order valence-electron chi connectivity index (χ0n) is 11.0. The van der Waals surface area contributed by atoms with Crippen molar-refractivity contribution in [3.8, 4) is 0 Å². The van der Waals surface area contributed by atoms with Crippen LogP contribution in [-0.4, -0.2) is 17.4 Å². The van der Waals surface area contributed by atoms with Crippen molar-refractivity contribution in [1.29, 1.82) is 0 Å². The van der Waals surface area contributed by atoms with E-state index in [1.54, 1.807) is 13.0 Å². The third-order valence-electron chi connectivity index (χ3n) is 2.75. The molecule has 6 heteroatoms. The Kier molecular flexibility index (Phi) is 4.21. The van der Waals surface area contributed by atoms with E-state index in [1.165, 1.54) is 11.3 Å². The van der Waals surface area contributed by atoms with Crippen molar-refractivity contribution >= 4 is 22.4 Å². The number of anilines is 1. The van der Waals surface area contributed by atoms with Gasteiger partial charge in [0.05, 0.1) is 11.3 Å². The lowest BCUT2D eigenvalue weighted by Gasteiger charge is -2.03. The Morgan fingerprint density at radius 3 is 2.89 bits per heavy atom. The van der Waals surface area contributed by atoms with Gasteiger partial charge in [0.2, 0.25) is 0 Å². The van der Waals surface area contributed by atoms with E-state index in [1.807, 2.05) is 12.3 Å². The van der Waals surface area contributed by atoms with Crippen molar-refractivity contribution in [1.82, 2.24) is 10.3 Å². The number of nitrogens with zero attached hydrogens (tertiary/aromatic N) is 1. The van der Waals surface area contributed by atoms with E-state index in [0.717, 1.165) is 24.3 Å². The molecule has 0 radical (unpaired) electrons. The Morgan fingerprint density at radius 2 is 2.32 bits per heavy atom. The second-order valence-electron chi connectivity index (χ2n) is 4.36. The first kappa shape index (κ1) is 13.6. The summed E-state index contributed by atoms with van der Waals surface area (Å²) >= 11 is 1.44. The Morgan fingerprint density at radius 1 is 1.53 bits per heavy atom. The summed E-state index contributed by atoms with van der Waals surface area (Å²) in [5.74, 6) is 1.31. The van der Waals surface area contributed by atoms with Crippen molar-refractivity contribution in [2.24, 2.45) is 0 Å². The molecule has 5 nitrogen and oxygen atoms in total. The second-order valence-corrected chi connectivity index (χ2v) is 5.25. The monoisotopic (exact) mass is 279 g/mol. The van der Waals surface area contributed by atoms with Crippen LogP contribution in [-0.2, 0) is 6.42 Å². The van der Waals surface area contributed by atoms with Crippen molar-refractivity contribution in [3.05, 3.63) is 34.2 Å². The minimum absolute atomic E-state index is 0.0906. The largest absolute Gasteiger partial charge is 0.466 e. The quantitative estimate of drug-likeness (QED) is 0.823. The number of thiazole rings is 1. The topological polar surface area (TPSA) is 81.2 Å². The van der Waals surface area contributed by atoms with Gasteiger partial charge in [0.15, 0.2) is 5.13 Å². The maximum atomic E-state index is 11.9. The van der Waals surface area contributed by atoms with Gasteiger partial charge >= 0.3 is 0 Å². The fourth-order valence-electron chi connectivity index (χ4n) is 1.86. The van der Waals surface area contributed by atoms with Crippen molar-refractivity contribution in [2.75, 3.05) is 12.3 Å². The van der Waals surface area contributed by atoms with Gasteiger partial charge in [-0.25, -0.2) is 4.98 Å². The molecule has 0 saturated carbocycles. The zero-order valence-corrected chi connectivity index (χ0v) is 11.8. The predicted molar refractivity (Wildman–Crippen MR) is 75.4 cm³/mol. The number of nitrogens with two attached hydrogens (primary N) is 1. The van der Waals surface area contributed by atoms with Crippen molar-refractivity contribution < 1.29 is 9.21 Å². The number of rotatable bonds is 5. The number of aromatic nitrogens is 1. The molecular weight excluding hydrogens is 262 g/mol. The smallest absolute Gasteiger partial charge is 0.254 e. The molecule has 0 fully saturated rings. The van der Waals surface area contributed by atoms with Crippen LogP contribution in [0.3, 0.4) is 0 Å². The lowest BCUT2D eigenvalue weighted by atomic mass is 10.2. The van der Waals surface area contributed by atoms with Gasteiger partial charge in [-0.1, -0.05) is 0 Å². The van der Waals surface area contributed by atoms with Crippen LogP contribution < -0.4 is 11.1 Å². The highest BCUT2D eigenvalue weighted by molar-refractivity contribution is 7.13. The molecule has 19 heavy (non-hydrogen) atoms. The molecule has 0 aromatic carbocycles. The molecule has 2 heterocycles. The van der Waals surface area contributed by atoms with Crippen LogP contribution in [0.15, 0.2) is 15.9 Å². The Hall–Kier alpha value is -1.82. The van der Waals surface area contributed by atoms with Crippen LogP contribution in [0.2, 0.25) is 0 Å². The van der Waals surface area contributed by atoms with Crippen molar-refractivity contribution in [3.63, 3.8) is 0 Å². The van der Waals surface area contributed by atoms with E-state index in [2.05, 4.69) is 10.3 Å². The number of carbonyl (C=O) groups is 1. The number of nitrogen functional groups attached to an aromatic ring is 1. The SMILES string of the molecule is Cc1cc(C(=O)NCCCc2csc(N)n2)c(C)o1. The van der Waals surface area contributed by atoms with Crippen LogP contribution in [0.25, 0.3) is 0 Å². The molecule has 0 unspecified atom stereocenters. The highest BCUT2D eigenvalue weighted by Gasteiger charge is 2.12. The maximum Gasteiger partial charge on any atom is 0.254 e. The van der Waals surface area contributed by atoms with Gasteiger partial charge in [-0.15, -0.1) is 11.3 Å². The molecule has 0 aliphatic rings. The van der Waals surface area contributed by atoms with Crippen LogP contribution >= 0.6 is 11.3 Å². The maximum absolute atomic E-state index is 11.9. The molecular formula is C13H17N3O2S. The molecule has 2 aromatic heterocycles. The molecule has 0 atom stereocenters. The summed E-state index contributed by atoms with van der Waals surface area (Å²) in [5.41, 5.74) is 7.14. The number of furan rings is 1. The standard InChI is InChI=1S/C13H17N3O2S/c1-8-6-11(9(2)18-8)12(17)15-5-3-4-10-7-19-13(14)16-10/h6-7H,3-5H2,1-2H3,(H2,14,16)(H,15,17). The summed E-state index contributed by atoms with van der Waals surface area (Å²) < 4.78 is 5.33. The van der Waals surface area contributed by atoms with Gasteiger partial charge in [0.1, 0.15) is 11.5 Å². The average Bonchev–Trinajstić information content (AvgIpc) is 2.90. The molecule has 2 aromatic rings. The highest BCUT2D eigenvalue weighted by Crippen LogP contribution is 2.14. The predicted octanol–water partition coefficient (Wildman–Crippen LogP) is 2.30. The third-order valence-corrected chi connectivity index (χ3v) is 3.47. The van der Waals surface area contributed by atoms with E-state index < -0.39 is 0 Å². The van der Waals surface area contributed by atoms with Gasteiger partial charge in [-0.2, -0.15) is 0 Å². The fourth-order valence-corrected chi connectivity index (χ4v) is 2.46. The Bertz CT molecular complexity index is 574. The third kappa shape index (κ3) is 3.57. The molecule has 3 N–H and O–H groups in total. The molecule has 0 bridgehead atoms. The van der Waals surface area contributed by atoms with Crippen LogP contribution in [0.4, 0.5) is 5.13 Å². The van der Waals surface area contributed by atoms with Gasteiger partial charge in [-0.05, 0) is 32.8 Å². The molecule has 2 rings (SSSR count). The minimum atomic E-state index is -0.0906. The molecule has 0 saturated heterocycles. The van der Waals surface area contributed by atoms with Gasteiger partial charge in [0.25, 0.3) is 5.91 Å². The van der Waals surface area contributed by atoms with Crippen LogP contribution in [0.5, 0.6) is 0 Å². The second kappa shape index (κ2) is 5.88. The van der Waals surface area contributed by atoms with E-state index in [4.69, 9.17) is 10.2 Å². The Balaban J connectivity index is 1.77. The first-order chi connectivity index (χ1) is 9.06. The Labute approximate surface area is 115 Å². The van der Waals surface area contributed by atoms with Gasteiger partial charge in [-0.3, -0.25) is 4.79 Å². The first-order valence-electron chi connectivity index (χ1n) is 6.11. The number of hydrogen-bond acceptors (Lipinski definition) is 5. The molecule has 1 amide bonds. The van der Waals surface area contributed by atoms with Gasteiger partial charge < -0.3 is 15.5 Å². The highest BCUT2D eigenvalue weighted by atomic mass is 32.1. The minimum Gasteiger partial charge on any atom is -0.466 e. The molecule has 0 spiro atoms. The van der Waals surface area contributed by atoms with Gasteiger partial charge in [0, 0.05) is 11.9 Å². The number of carbonyl (C=O) groups excluding carboxylic acids is 1. The zero-order chi connectivity index (χ0) is 13.8. The summed E-state index contributed by atoms with van der Waals surface area (Å²) in [6.07, 6.45) is 1.65. The van der Waals surface area contributed by atoms with Crippen LogP contribution in [0.1, 0.15) is 34.0 Å². The molecule has 102 valence electrons. The van der Waals surface area contributed by atoms with E-state index >= 15 is 0 Å².